The molecule has 2 aromatic rings. The largest absolute Gasteiger partial charge is 0.326 e. The van der Waals surface area contributed by atoms with Crippen LogP contribution in [0.1, 0.15) is 31.2 Å². The summed E-state index contributed by atoms with van der Waals surface area (Å²) in [5.74, 6) is 0.270. The van der Waals surface area contributed by atoms with Crippen molar-refractivity contribution < 1.29 is 9.59 Å². The zero-order valence-corrected chi connectivity index (χ0v) is 14.9. The summed E-state index contributed by atoms with van der Waals surface area (Å²) in [6, 6.07) is 11.3. The van der Waals surface area contributed by atoms with E-state index in [1.165, 1.54) is 12.5 Å². The molecule has 26 heavy (non-hydrogen) atoms. The van der Waals surface area contributed by atoms with Crippen LogP contribution < -0.4 is 10.6 Å². The maximum atomic E-state index is 12.4. The van der Waals surface area contributed by atoms with Crippen LogP contribution in [0.4, 0.5) is 11.4 Å². The second-order valence-electron chi connectivity index (χ2n) is 6.66. The van der Waals surface area contributed by atoms with E-state index in [1.807, 2.05) is 18.5 Å². The predicted molar refractivity (Wildman–Crippen MR) is 102 cm³/mol. The molecular weight excluding hydrogens is 328 g/mol. The van der Waals surface area contributed by atoms with E-state index in [0.29, 0.717) is 23.8 Å². The molecule has 6 nitrogen and oxygen atoms in total. The van der Waals surface area contributed by atoms with Gasteiger partial charge in [0.25, 0.3) is 0 Å². The average Bonchev–Trinajstić information content (AvgIpc) is 2.62. The van der Waals surface area contributed by atoms with Crippen molar-refractivity contribution in [3.05, 3.63) is 54.4 Å². The fraction of sp³-hybridized carbons (Fsp3) is 0.350. The molecule has 2 N–H and O–H groups in total. The molecule has 1 atom stereocenters. The van der Waals surface area contributed by atoms with Crippen LogP contribution in [0.3, 0.4) is 0 Å². The fourth-order valence-electron chi connectivity index (χ4n) is 3.39. The first-order chi connectivity index (χ1) is 12.6. The Hall–Kier alpha value is -2.73. The molecule has 0 radical (unpaired) electrons. The SMILES string of the molecule is CC(=O)Nc1cccc(NC(=O)CN2CCC[C@H](c3ccncc3)C2)c1. The van der Waals surface area contributed by atoms with E-state index in [1.54, 1.807) is 18.2 Å². The van der Waals surface area contributed by atoms with Gasteiger partial charge in [-0.2, -0.15) is 0 Å². The molecule has 2 heterocycles. The number of benzene rings is 1. The van der Waals surface area contributed by atoms with Gasteiger partial charge < -0.3 is 10.6 Å². The molecule has 1 aliphatic heterocycles. The number of carbonyl (C=O) groups excluding carboxylic acids is 2. The second-order valence-corrected chi connectivity index (χ2v) is 6.66. The lowest BCUT2D eigenvalue weighted by Crippen LogP contribution is -2.39. The Morgan fingerprint density at radius 3 is 2.62 bits per heavy atom. The van der Waals surface area contributed by atoms with Crippen LogP contribution in [0.25, 0.3) is 0 Å². The van der Waals surface area contributed by atoms with Gasteiger partial charge in [-0.3, -0.25) is 19.5 Å². The van der Waals surface area contributed by atoms with Gasteiger partial charge in [0.15, 0.2) is 0 Å². The molecule has 1 aliphatic rings. The Balaban J connectivity index is 1.55. The summed E-state index contributed by atoms with van der Waals surface area (Å²) < 4.78 is 0. The zero-order chi connectivity index (χ0) is 18.4. The quantitative estimate of drug-likeness (QED) is 0.868. The maximum Gasteiger partial charge on any atom is 0.238 e. The van der Waals surface area contributed by atoms with Crippen molar-refractivity contribution in [1.82, 2.24) is 9.88 Å². The Morgan fingerprint density at radius 2 is 1.88 bits per heavy atom. The molecule has 1 aromatic carbocycles. The lowest BCUT2D eigenvalue weighted by Gasteiger charge is -2.32. The minimum absolute atomic E-state index is 0.0413. The standard InChI is InChI=1S/C20H24N4O2/c1-15(25)22-18-5-2-6-19(12-18)23-20(26)14-24-11-3-4-17(13-24)16-7-9-21-10-8-16/h2,5-10,12,17H,3-4,11,13-14H2,1H3,(H,22,25)(H,23,26)/t17-/m0/s1. The molecule has 1 aromatic heterocycles. The normalized spacial score (nSPS) is 17.5. The summed E-state index contributed by atoms with van der Waals surface area (Å²) in [7, 11) is 0. The van der Waals surface area contributed by atoms with Crippen LogP contribution in [0.2, 0.25) is 0 Å². The molecule has 1 fully saturated rings. The molecule has 0 unspecified atom stereocenters. The first-order valence-electron chi connectivity index (χ1n) is 8.90. The van der Waals surface area contributed by atoms with Crippen molar-refractivity contribution in [1.29, 1.82) is 0 Å². The number of amides is 2. The Labute approximate surface area is 153 Å². The summed E-state index contributed by atoms with van der Waals surface area (Å²) in [6.45, 7) is 3.64. The van der Waals surface area contributed by atoms with E-state index in [4.69, 9.17) is 0 Å². The third-order valence-electron chi connectivity index (χ3n) is 4.52. The second kappa shape index (κ2) is 8.58. The number of nitrogens with one attached hydrogen (secondary N) is 2. The van der Waals surface area contributed by atoms with Crippen LogP contribution in [0.15, 0.2) is 48.8 Å². The summed E-state index contributed by atoms with van der Waals surface area (Å²) in [5, 5.41) is 5.63. The molecule has 2 amide bonds. The molecular formula is C20H24N4O2. The van der Waals surface area contributed by atoms with E-state index in [2.05, 4.69) is 32.7 Å². The van der Waals surface area contributed by atoms with Crippen molar-refractivity contribution in [2.45, 2.75) is 25.7 Å². The highest BCUT2D eigenvalue weighted by atomic mass is 16.2. The van der Waals surface area contributed by atoms with Crippen LogP contribution in [0.5, 0.6) is 0 Å². The van der Waals surface area contributed by atoms with E-state index in [9.17, 15) is 9.59 Å². The van der Waals surface area contributed by atoms with Crippen molar-refractivity contribution in [2.24, 2.45) is 0 Å². The third-order valence-corrected chi connectivity index (χ3v) is 4.52. The molecule has 1 saturated heterocycles. The topological polar surface area (TPSA) is 74.3 Å². The van der Waals surface area contributed by atoms with Crippen LogP contribution in [0, 0.1) is 0 Å². The molecule has 0 saturated carbocycles. The predicted octanol–water partition coefficient (Wildman–Crippen LogP) is 2.86. The highest BCUT2D eigenvalue weighted by Crippen LogP contribution is 2.26. The van der Waals surface area contributed by atoms with Gasteiger partial charge in [-0.05, 0) is 61.2 Å². The van der Waals surface area contributed by atoms with Crippen molar-refractivity contribution >= 4 is 23.2 Å². The summed E-state index contributed by atoms with van der Waals surface area (Å²) in [6.07, 6.45) is 5.87. The number of carbonyl (C=O) groups is 2. The summed E-state index contributed by atoms with van der Waals surface area (Å²) >= 11 is 0. The highest BCUT2D eigenvalue weighted by molar-refractivity contribution is 5.94. The minimum atomic E-state index is -0.135. The number of nitrogens with zero attached hydrogens (tertiary/aromatic N) is 2. The van der Waals surface area contributed by atoms with Crippen molar-refractivity contribution in [2.75, 3.05) is 30.3 Å². The molecule has 6 heteroatoms. The van der Waals surface area contributed by atoms with E-state index >= 15 is 0 Å². The van der Waals surface area contributed by atoms with E-state index in [-0.39, 0.29) is 11.8 Å². The lowest BCUT2D eigenvalue weighted by molar-refractivity contribution is -0.117. The monoisotopic (exact) mass is 352 g/mol. The molecule has 3 rings (SSSR count). The number of hydrogen-bond donors (Lipinski definition) is 2. The van der Waals surface area contributed by atoms with Crippen molar-refractivity contribution in [3.63, 3.8) is 0 Å². The van der Waals surface area contributed by atoms with E-state index < -0.39 is 0 Å². The number of hydrogen-bond acceptors (Lipinski definition) is 4. The number of anilines is 2. The van der Waals surface area contributed by atoms with Crippen LogP contribution in [-0.2, 0) is 9.59 Å². The van der Waals surface area contributed by atoms with Gasteiger partial charge in [-0.1, -0.05) is 6.07 Å². The maximum absolute atomic E-state index is 12.4. The first kappa shape index (κ1) is 18.1. The molecule has 136 valence electrons. The Kier molecular flexibility index (Phi) is 5.96. The molecule has 0 aliphatic carbocycles. The van der Waals surface area contributed by atoms with Gasteiger partial charge in [0, 0.05) is 37.2 Å². The zero-order valence-electron chi connectivity index (χ0n) is 14.9. The number of piperidine rings is 1. The highest BCUT2D eigenvalue weighted by Gasteiger charge is 2.22. The average molecular weight is 352 g/mol. The summed E-state index contributed by atoms with van der Waals surface area (Å²) in [5.41, 5.74) is 2.64. The van der Waals surface area contributed by atoms with E-state index in [0.717, 1.165) is 25.9 Å². The van der Waals surface area contributed by atoms with Crippen molar-refractivity contribution in [3.8, 4) is 0 Å². The number of rotatable bonds is 5. The molecule has 0 bridgehead atoms. The Bertz CT molecular complexity index is 763. The lowest BCUT2D eigenvalue weighted by atomic mass is 9.91. The van der Waals surface area contributed by atoms with Gasteiger partial charge in [-0.15, -0.1) is 0 Å². The smallest absolute Gasteiger partial charge is 0.238 e. The fourth-order valence-corrected chi connectivity index (χ4v) is 3.39. The van der Waals surface area contributed by atoms with Crippen LogP contribution >= 0.6 is 0 Å². The molecule has 0 spiro atoms. The number of aromatic nitrogens is 1. The van der Waals surface area contributed by atoms with Crippen LogP contribution in [-0.4, -0.2) is 41.3 Å². The van der Waals surface area contributed by atoms with Gasteiger partial charge in [0.1, 0.15) is 0 Å². The van der Waals surface area contributed by atoms with Gasteiger partial charge in [0.05, 0.1) is 6.54 Å². The summed E-state index contributed by atoms with van der Waals surface area (Å²) in [4.78, 5) is 29.8. The number of likely N-dealkylation sites (tertiary alicyclic amines) is 1. The van der Waals surface area contributed by atoms with Gasteiger partial charge in [0.2, 0.25) is 11.8 Å². The van der Waals surface area contributed by atoms with Gasteiger partial charge in [-0.25, -0.2) is 0 Å². The Morgan fingerprint density at radius 1 is 1.15 bits per heavy atom. The minimum Gasteiger partial charge on any atom is -0.326 e. The third kappa shape index (κ3) is 5.13. The first-order valence-corrected chi connectivity index (χ1v) is 8.90. The number of pyridine rings is 1. The van der Waals surface area contributed by atoms with Gasteiger partial charge >= 0.3 is 0 Å².